The van der Waals surface area contributed by atoms with Crippen molar-refractivity contribution in [2.24, 2.45) is 0 Å². The standard InChI is InChI=1S/C18H16BrF2N5O2S/c1-10-2-7-14(13(19)8-10)23-15(27)9-29-18-25-24-16(26(18)22)11-3-5-12(6-4-11)28-17(20)21/h2-8,17H,9,22H2,1H3,(H,23,27). The number of aryl methyl sites for hydroxylation is 1. The fourth-order valence-corrected chi connectivity index (χ4v) is 3.64. The zero-order chi connectivity index (χ0) is 21.0. The van der Waals surface area contributed by atoms with Gasteiger partial charge in [0.05, 0.1) is 11.4 Å². The first-order valence-electron chi connectivity index (χ1n) is 8.28. The van der Waals surface area contributed by atoms with Gasteiger partial charge in [0.15, 0.2) is 5.82 Å². The smallest absolute Gasteiger partial charge is 0.387 e. The molecule has 3 N–H and O–H groups in total. The molecule has 0 aliphatic rings. The van der Waals surface area contributed by atoms with E-state index in [1.807, 2.05) is 25.1 Å². The molecular formula is C18H16BrF2N5O2S. The fourth-order valence-electron chi connectivity index (χ4n) is 2.40. The minimum atomic E-state index is -2.89. The van der Waals surface area contributed by atoms with E-state index in [1.165, 1.54) is 16.8 Å². The molecule has 0 saturated carbocycles. The van der Waals surface area contributed by atoms with E-state index in [0.717, 1.165) is 21.8 Å². The molecule has 3 aromatic rings. The molecule has 0 spiro atoms. The molecule has 7 nitrogen and oxygen atoms in total. The summed E-state index contributed by atoms with van der Waals surface area (Å²) in [6.07, 6.45) is 0. The molecule has 29 heavy (non-hydrogen) atoms. The van der Waals surface area contributed by atoms with Gasteiger partial charge in [-0.1, -0.05) is 17.8 Å². The van der Waals surface area contributed by atoms with Gasteiger partial charge in [0, 0.05) is 10.0 Å². The quantitative estimate of drug-likeness (QED) is 0.388. The molecule has 1 heterocycles. The zero-order valence-electron chi connectivity index (χ0n) is 15.1. The molecule has 0 fully saturated rings. The lowest BCUT2D eigenvalue weighted by Gasteiger charge is -2.08. The number of amides is 1. The van der Waals surface area contributed by atoms with Gasteiger partial charge in [0.2, 0.25) is 11.1 Å². The highest BCUT2D eigenvalue weighted by molar-refractivity contribution is 9.10. The Hall–Kier alpha value is -2.66. The topological polar surface area (TPSA) is 95.1 Å². The molecule has 0 aliphatic carbocycles. The average Bonchev–Trinajstić information content (AvgIpc) is 3.03. The summed E-state index contributed by atoms with van der Waals surface area (Å²) < 4.78 is 30.8. The van der Waals surface area contributed by atoms with Crippen molar-refractivity contribution < 1.29 is 18.3 Å². The Morgan fingerprint density at radius 1 is 1.28 bits per heavy atom. The van der Waals surface area contributed by atoms with Crippen molar-refractivity contribution >= 4 is 39.3 Å². The second-order valence-electron chi connectivity index (χ2n) is 5.90. The van der Waals surface area contributed by atoms with Crippen LogP contribution in [0.25, 0.3) is 11.4 Å². The Balaban J connectivity index is 1.62. The second kappa shape index (κ2) is 9.23. The first kappa shape index (κ1) is 21.1. The van der Waals surface area contributed by atoms with Crippen LogP contribution in [0.15, 0.2) is 52.1 Å². The van der Waals surface area contributed by atoms with Crippen LogP contribution >= 0.6 is 27.7 Å². The Labute approximate surface area is 177 Å². The van der Waals surface area contributed by atoms with Crippen LogP contribution in [0.4, 0.5) is 14.5 Å². The van der Waals surface area contributed by atoms with Crippen molar-refractivity contribution in [2.45, 2.75) is 18.7 Å². The van der Waals surface area contributed by atoms with E-state index in [2.05, 4.69) is 36.2 Å². The molecule has 0 unspecified atom stereocenters. The van der Waals surface area contributed by atoms with Crippen molar-refractivity contribution in [3.63, 3.8) is 0 Å². The Morgan fingerprint density at radius 2 is 2.00 bits per heavy atom. The van der Waals surface area contributed by atoms with Crippen LogP contribution in [0.3, 0.4) is 0 Å². The first-order chi connectivity index (χ1) is 13.8. The summed E-state index contributed by atoms with van der Waals surface area (Å²) in [5.74, 6) is 6.23. The molecule has 0 bridgehead atoms. The summed E-state index contributed by atoms with van der Waals surface area (Å²) >= 11 is 4.54. The van der Waals surface area contributed by atoms with Crippen molar-refractivity contribution in [1.82, 2.24) is 14.9 Å². The molecule has 0 aliphatic heterocycles. The SMILES string of the molecule is Cc1ccc(NC(=O)CSc2nnc(-c3ccc(OC(F)F)cc3)n2N)c(Br)c1. The van der Waals surface area contributed by atoms with E-state index in [4.69, 9.17) is 5.84 Å². The van der Waals surface area contributed by atoms with E-state index >= 15 is 0 Å². The van der Waals surface area contributed by atoms with Crippen LogP contribution in [0.2, 0.25) is 0 Å². The number of nitrogen functional groups attached to an aromatic ring is 1. The van der Waals surface area contributed by atoms with Crippen LogP contribution < -0.4 is 15.9 Å². The third kappa shape index (κ3) is 5.45. The number of benzene rings is 2. The number of nitrogens with one attached hydrogen (secondary N) is 1. The normalized spacial score (nSPS) is 10.9. The second-order valence-corrected chi connectivity index (χ2v) is 7.70. The molecule has 2 aromatic carbocycles. The van der Waals surface area contributed by atoms with Crippen LogP contribution in [0.5, 0.6) is 5.75 Å². The van der Waals surface area contributed by atoms with Crippen LogP contribution in [-0.2, 0) is 4.79 Å². The van der Waals surface area contributed by atoms with Crippen molar-refractivity contribution in [1.29, 1.82) is 0 Å². The van der Waals surface area contributed by atoms with E-state index in [0.29, 0.717) is 22.2 Å². The molecule has 11 heteroatoms. The number of aromatic nitrogens is 3. The van der Waals surface area contributed by atoms with Crippen molar-refractivity contribution in [3.05, 3.63) is 52.5 Å². The predicted octanol–water partition coefficient (Wildman–Crippen LogP) is 4.06. The van der Waals surface area contributed by atoms with Gasteiger partial charge < -0.3 is 15.9 Å². The van der Waals surface area contributed by atoms with Gasteiger partial charge >= 0.3 is 6.61 Å². The average molecular weight is 484 g/mol. The molecule has 152 valence electrons. The molecule has 0 saturated heterocycles. The molecule has 1 aromatic heterocycles. The highest BCUT2D eigenvalue weighted by atomic mass is 79.9. The number of nitrogens with two attached hydrogens (primary N) is 1. The number of rotatable bonds is 7. The lowest BCUT2D eigenvalue weighted by Crippen LogP contribution is -2.16. The number of thioether (sulfide) groups is 1. The fraction of sp³-hybridized carbons (Fsp3) is 0.167. The molecule has 3 rings (SSSR count). The van der Waals surface area contributed by atoms with Crippen molar-refractivity contribution in [2.75, 3.05) is 16.9 Å². The first-order valence-corrected chi connectivity index (χ1v) is 10.1. The lowest BCUT2D eigenvalue weighted by atomic mass is 10.2. The number of halogens is 3. The van der Waals surface area contributed by atoms with E-state index in [1.54, 1.807) is 12.1 Å². The Bertz CT molecular complexity index is 1010. The predicted molar refractivity (Wildman–Crippen MR) is 110 cm³/mol. The van der Waals surface area contributed by atoms with Gasteiger partial charge in [0.25, 0.3) is 0 Å². The summed E-state index contributed by atoms with van der Waals surface area (Å²) in [6, 6.07) is 11.5. The van der Waals surface area contributed by atoms with E-state index in [-0.39, 0.29) is 17.4 Å². The number of hydrogen-bond acceptors (Lipinski definition) is 6. The van der Waals surface area contributed by atoms with Crippen molar-refractivity contribution in [3.8, 4) is 17.1 Å². The van der Waals surface area contributed by atoms with Gasteiger partial charge in [-0.05, 0) is 64.8 Å². The number of ether oxygens (including phenoxy) is 1. The Morgan fingerprint density at radius 3 is 2.66 bits per heavy atom. The largest absolute Gasteiger partial charge is 0.435 e. The van der Waals surface area contributed by atoms with Crippen LogP contribution in [0.1, 0.15) is 5.56 Å². The number of anilines is 1. The maximum absolute atomic E-state index is 12.2. The number of alkyl halides is 2. The maximum Gasteiger partial charge on any atom is 0.387 e. The number of carbonyl (C=O) groups excluding carboxylic acids is 1. The highest BCUT2D eigenvalue weighted by Crippen LogP contribution is 2.26. The van der Waals surface area contributed by atoms with E-state index in [9.17, 15) is 13.6 Å². The van der Waals surface area contributed by atoms with Gasteiger partial charge in [-0.25, -0.2) is 4.68 Å². The van der Waals surface area contributed by atoms with Crippen LogP contribution in [-0.4, -0.2) is 33.1 Å². The molecule has 0 radical (unpaired) electrons. The molecule has 1 amide bonds. The summed E-state index contributed by atoms with van der Waals surface area (Å²) in [4.78, 5) is 12.2. The van der Waals surface area contributed by atoms with Gasteiger partial charge in [-0.3, -0.25) is 4.79 Å². The number of carbonyl (C=O) groups is 1. The summed E-state index contributed by atoms with van der Waals surface area (Å²) in [5.41, 5.74) is 2.31. The summed E-state index contributed by atoms with van der Waals surface area (Å²) in [6.45, 7) is -0.939. The maximum atomic E-state index is 12.2. The third-order valence-electron chi connectivity index (χ3n) is 3.73. The van der Waals surface area contributed by atoms with Crippen LogP contribution in [0, 0.1) is 6.92 Å². The Kier molecular flexibility index (Phi) is 6.70. The lowest BCUT2D eigenvalue weighted by molar-refractivity contribution is -0.113. The van der Waals surface area contributed by atoms with Gasteiger partial charge in [-0.2, -0.15) is 8.78 Å². The molecular weight excluding hydrogens is 468 g/mol. The monoisotopic (exact) mass is 483 g/mol. The highest BCUT2D eigenvalue weighted by Gasteiger charge is 2.15. The van der Waals surface area contributed by atoms with E-state index < -0.39 is 6.61 Å². The molecule has 0 atom stereocenters. The summed E-state index contributed by atoms with van der Waals surface area (Å²) in [5, 5.41) is 11.1. The summed E-state index contributed by atoms with van der Waals surface area (Å²) in [7, 11) is 0. The number of hydrogen-bond donors (Lipinski definition) is 2. The van der Waals surface area contributed by atoms with Gasteiger partial charge in [-0.15, -0.1) is 10.2 Å². The van der Waals surface area contributed by atoms with Gasteiger partial charge in [0.1, 0.15) is 5.75 Å². The number of nitrogens with zero attached hydrogens (tertiary/aromatic N) is 3. The minimum absolute atomic E-state index is 0.0281. The third-order valence-corrected chi connectivity index (χ3v) is 5.33. The minimum Gasteiger partial charge on any atom is -0.435 e. The zero-order valence-corrected chi connectivity index (χ0v) is 17.5.